The Bertz CT molecular complexity index is 5230. The molecule has 21 rings (SSSR count). The molecule has 26 nitrogen and oxygen atoms in total. The standard InChI is InChI=1S/2C26H32F5NO8S.2C17H21O2S.C10H16N.CH4O3S/c2*1-10(2)32-18-14-6-15(19(18)39-23(35)24-7-11-3-12(8-24)5-13(4-11)9-24)17(16(14)20(32)33)21(34)40-22(25(27,28)29)26(30,31)41(36,37)38;2*1-18-10-11-19-16-8-9-17(20-12-4-5-13-20)15-7-3-2-6-14(15)16;1-11(2,3)9-10-7-5-4-6-8-10;1-5(2,3)4/h2*10-19,22H,3-9H2,1-2H3,(H,36,37,38);2*2-3,6-9H,4-5,10-13H2,1H3;4-8H,9H2,1-3H3;1H3,(H,2,3,4)/q;;3*+1;/p-3. The van der Waals surface area contributed by atoms with Gasteiger partial charge in [0.1, 0.15) is 66.5 Å². The fraction of sp³-hybridized carbons (Fsp3) is 0.670. The number of methoxy groups -OCH3 is 2. The van der Waals surface area contributed by atoms with Crippen molar-refractivity contribution in [2.75, 3.05) is 91.1 Å². The average Bonchev–Trinajstić information content (AvgIpc) is 1.53. The number of carbonyl (C=O) groups excluding carboxylic acids is 6. The number of nitrogens with zero attached hydrogens (tertiary/aromatic N) is 3. The van der Waals surface area contributed by atoms with E-state index in [-0.39, 0.29) is 12.8 Å². The van der Waals surface area contributed by atoms with Crippen LogP contribution in [0.1, 0.15) is 149 Å². The Morgan fingerprint density at radius 1 is 0.449 bits per heavy atom. The molecule has 12 saturated carbocycles. The first-order valence-corrected chi connectivity index (χ1v) is 55.0. The summed E-state index contributed by atoms with van der Waals surface area (Å²) in [5.41, 5.74) is -0.00757. The molecule has 12 bridgehead atoms. The topological polar surface area (TPSA) is 354 Å². The third kappa shape index (κ3) is 22.4. The molecule has 5 aromatic rings. The van der Waals surface area contributed by atoms with Crippen LogP contribution in [0.3, 0.4) is 0 Å². The number of likely N-dealkylation sites (tertiary alicyclic amines) is 2. The van der Waals surface area contributed by atoms with Crippen LogP contribution in [0.4, 0.5) is 43.9 Å². The lowest BCUT2D eigenvalue weighted by Gasteiger charge is -2.55. The van der Waals surface area contributed by atoms with Gasteiger partial charge in [-0.1, -0.05) is 66.7 Å². The number of alkyl halides is 10. The molecule has 16 fully saturated rings. The van der Waals surface area contributed by atoms with Gasteiger partial charge in [0.15, 0.2) is 30.0 Å². The molecule has 12 aliphatic carbocycles. The molecular weight excluding hydrogens is 1930 g/mol. The summed E-state index contributed by atoms with van der Waals surface area (Å²) in [4.78, 5) is 86.7. The van der Waals surface area contributed by atoms with E-state index in [0.29, 0.717) is 129 Å². The Morgan fingerprint density at radius 2 is 0.754 bits per heavy atom. The number of amides is 2. The highest BCUT2D eigenvalue weighted by atomic mass is 32.2. The number of carbonyl (C=O) groups is 6. The predicted molar refractivity (Wildman–Crippen MR) is 486 cm³/mol. The van der Waals surface area contributed by atoms with Crippen LogP contribution in [0.15, 0.2) is 113 Å². The SMILES string of the molecule is CC(C)N1C(=O)C2C3CC(C(OC(=O)C45CC6CC(CC(C6)C4)C5)C31)C2C(=O)OC(C(F)(F)F)C(F)(F)S(=O)(=O)[O-].CC(C)N1C(=O)C2C3CC(C(OC(=O)C45CC6CC(CC(C6)C4)C5)C31)C2C(=O)OC(C(F)(F)F)C(F)(F)S(=O)(=O)[O-].COCCOc1ccc([S+]2CCCC2)c2ccccc12.COCCOc1ccc([S+]2CCCC2)c2ccccc12.CS(=O)(=O)[O-].C[N+](C)(C)Cc1ccccc1. The largest absolute Gasteiger partial charge is 0.748 e. The zero-order chi connectivity index (χ0) is 100. The van der Waals surface area contributed by atoms with E-state index in [0.717, 1.165) is 61.1 Å². The first kappa shape index (κ1) is 106. The maximum Gasteiger partial charge on any atom is 0.432 e. The van der Waals surface area contributed by atoms with Gasteiger partial charge in [-0.2, -0.15) is 43.9 Å². The summed E-state index contributed by atoms with van der Waals surface area (Å²) >= 11 is 0. The number of fused-ring (bicyclic) bond motifs is 4. The highest BCUT2D eigenvalue weighted by Crippen LogP contribution is 2.67. The van der Waals surface area contributed by atoms with Crippen molar-refractivity contribution in [3.8, 4) is 11.5 Å². The number of quaternary nitrogens is 1. The molecule has 14 unspecified atom stereocenters. The Kier molecular flexibility index (Phi) is 31.9. The van der Waals surface area contributed by atoms with Gasteiger partial charge in [-0.15, -0.1) is 0 Å². The minimum absolute atomic E-state index is 0.107. The van der Waals surface area contributed by atoms with E-state index in [9.17, 15) is 98.6 Å². The number of benzene rings is 5. The van der Waals surface area contributed by atoms with Gasteiger partial charge in [0.25, 0.3) is 12.2 Å². The maximum atomic E-state index is 14.1. The lowest BCUT2D eigenvalue weighted by molar-refractivity contribution is -0.884. The van der Waals surface area contributed by atoms with Gasteiger partial charge >= 0.3 is 46.7 Å². The molecule has 138 heavy (non-hydrogen) atoms. The van der Waals surface area contributed by atoms with Gasteiger partial charge in [-0.05, 0) is 227 Å². The molecule has 5 aromatic carbocycles. The molecule has 0 N–H and O–H groups in total. The van der Waals surface area contributed by atoms with Crippen LogP contribution >= 0.6 is 0 Å². The van der Waals surface area contributed by atoms with Crippen LogP contribution in [-0.2, 0) is 116 Å². The summed E-state index contributed by atoms with van der Waals surface area (Å²) in [6.07, 6.45) is -6.85. The molecule has 4 saturated heterocycles. The molecule has 2 amide bonds. The van der Waals surface area contributed by atoms with E-state index in [4.69, 9.17) is 41.4 Å². The van der Waals surface area contributed by atoms with Crippen molar-refractivity contribution in [1.29, 1.82) is 0 Å². The monoisotopic (exact) mass is 2050 g/mol. The van der Waals surface area contributed by atoms with E-state index in [1.165, 1.54) is 95.4 Å². The summed E-state index contributed by atoms with van der Waals surface area (Å²) in [5, 5.41) is -6.80. The van der Waals surface area contributed by atoms with E-state index in [2.05, 4.69) is 134 Å². The van der Waals surface area contributed by atoms with Gasteiger partial charge < -0.3 is 65.8 Å². The van der Waals surface area contributed by atoms with Crippen molar-refractivity contribution >= 4 is 109 Å². The maximum absolute atomic E-state index is 14.1. The van der Waals surface area contributed by atoms with Crippen LogP contribution in [0, 0.1) is 93.7 Å². The average molecular weight is 2050 g/mol. The van der Waals surface area contributed by atoms with E-state index in [1.54, 1.807) is 41.9 Å². The first-order valence-electron chi connectivity index (χ1n) is 47.2. The fourth-order valence-corrected chi connectivity index (χ4v) is 31.8. The number of hydrogen-bond donors (Lipinski definition) is 0. The van der Waals surface area contributed by atoms with Crippen molar-refractivity contribution in [2.45, 2.75) is 231 Å². The second kappa shape index (κ2) is 41.4. The van der Waals surface area contributed by atoms with Crippen LogP contribution in [-0.4, -0.2) is 251 Å². The van der Waals surface area contributed by atoms with Gasteiger partial charge in [0, 0.05) is 93.3 Å². The molecule has 0 spiro atoms. The number of hydrogen-bond acceptors (Lipinski definition) is 23. The summed E-state index contributed by atoms with van der Waals surface area (Å²) in [6.45, 7) is 10.3. The number of esters is 4. The minimum Gasteiger partial charge on any atom is -0.748 e. The number of halogens is 10. The zero-order valence-electron chi connectivity index (χ0n) is 78.7. The Labute approximate surface area is 804 Å². The smallest absolute Gasteiger partial charge is 0.432 e. The highest BCUT2D eigenvalue weighted by molar-refractivity contribution is 7.97. The zero-order valence-corrected chi connectivity index (χ0v) is 82.7. The molecule has 764 valence electrons. The molecule has 16 aliphatic rings. The Hall–Kier alpha value is -7.35. The molecule has 0 aromatic heterocycles. The van der Waals surface area contributed by atoms with Crippen molar-refractivity contribution in [3.63, 3.8) is 0 Å². The number of rotatable bonds is 26. The van der Waals surface area contributed by atoms with Gasteiger partial charge in [-0.25, -0.2) is 25.3 Å². The van der Waals surface area contributed by atoms with Gasteiger partial charge in [0.2, 0.25) is 11.8 Å². The van der Waals surface area contributed by atoms with E-state index in [1.807, 2.05) is 0 Å². The minimum atomic E-state index is -6.88. The summed E-state index contributed by atoms with van der Waals surface area (Å²) in [5.74, 6) is -5.07. The van der Waals surface area contributed by atoms with Crippen LogP contribution in [0.5, 0.6) is 11.5 Å². The molecule has 41 heteroatoms. The van der Waals surface area contributed by atoms with Crippen LogP contribution < -0.4 is 9.47 Å². The summed E-state index contributed by atoms with van der Waals surface area (Å²) in [7, 11) is -6.79. The molecular formula is C97H123F10N3O23S5. The van der Waals surface area contributed by atoms with E-state index >= 15 is 0 Å². The quantitative estimate of drug-likeness (QED) is 0.00943. The van der Waals surface area contributed by atoms with Crippen LogP contribution in [0.25, 0.3) is 21.5 Å². The third-order valence-corrected chi connectivity index (χ3v) is 37.1. The highest BCUT2D eigenvalue weighted by Gasteiger charge is 2.76. The molecule has 0 radical (unpaired) electrons. The second-order valence-corrected chi connectivity index (χ2v) is 50.3. The second-order valence-electron chi connectivity index (χ2n) is 41.5. The van der Waals surface area contributed by atoms with Crippen LogP contribution in [0.2, 0.25) is 0 Å². The van der Waals surface area contributed by atoms with Gasteiger partial charge in [0.05, 0.1) is 91.1 Å². The Balaban J connectivity index is 0.000000145. The van der Waals surface area contributed by atoms with Gasteiger partial charge in [-0.3, -0.25) is 28.8 Å². The normalized spacial score (nSPS) is 30.8. The fourth-order valence-electron chi connectivity index (χ4n) is 26.0. The predicted octanol–water partition coefficient (Wildman–Crippen LogP) is 14.8. The number of ether oxygens (including phenoxy) is 8. The molecule has 14 atom stereocenters. The summed E-state index contributed by atoms with van der Waals surface area (Å²) < 4.78 is 274. The lowest BCUT2D eigenvalue weighted by atomic mass is 9.49. The van der Waals surface area contributed by atoms with Crippen molar-refractivity contribution in [2.24, 2.45) is 93.7 Å². The molecule has 4 aliphatic heterocycles. The Morgan fingerprint density at radius 3 is 1.04 bits per heavy atom. The lowest BCUT2D eigenvalue weighted by Crippen LogP contribution is -2.55. The van der Waals surface area contributed by atoms with Crippen molar-refractivity contribution in [1.82, 2.24) is 9.80 Å². The van der Waals surface area contributed by atoms with Crippen molar-refractivity contribution in [3.05, 3.63) is 109 Å². The van der Waals surface area contributed by atoms with E-state index < -0.39 is 196 Å². The third-order valence-electron chi connectivity index (χ3n) is 30.2. The summed E-state index contributed by atoms with van der Waals surface area (Å²) in [6, 6.07) is 34.5. The molecule has 4 heterocycles. The first-order chi connectivity index (χ1) is 64.6. The van der Waals surface area contributed by atoms with Crippen molar-refractivity contribution < 1.29 is 154 Å².